The number of halogens is 1. The summed E-state index contributed by atoms with van der Waals surface area (Å²) in [5.41, 5.74) is 4.49. The van der Waals surface area contributed by atoms with Crippen molar-refractivity contribution in [3.05, 3.63) is 59.9 Å². The Balaban J connectivity index is 1.46. The highest BCUT2D eigenvalue weighted by Gasteiger charge is 2.17. The smallest absolute Gasteiger partial charge is 0.241 e. The van der Waals surface area contributed by atoms with Crippen molar-refractivity contribution in [1.82, 2.24) is 10.3 Å². The number of hydrogen-bond acceptors (Lipinski definition) is 5. The number of benzene rings is 2. The number of anilines is 1. The number of phenolic OH excluding ortho intramolecular Hbond substituents is 1. The first kappa shape index (κ1) is 20.8. The van der Waals surface area contributed by atoms with Crippen LogP contribution in [-0.4, -0.2) is 54.3 Å². The fourth-order valence-corrected chi connectivity index (χ4v) is 3.38. The molecule has 0 unspecified atom stereocenters. The van der Waals surface area contributed by atoms with Crippen LogP contribution in [0.25, 0.3) is 0 Å². The summed E-state index contributed by atoms with van der Waals surface area (Å²) in [6.45, 7) is 6.18. The van der Waals surface area contributed by atoms with Crippen LogP contribution in [0.3, 0.4) is 0 Å². The number of carbonyl (C=O) groups excluding carboxylic acids is 1. The van der Waals surface area contributed by atoms with Crippen molar-refractivity contribution in [3.63, 3.8) is 0 Å². The number of amides is 1. The Morgan fingerprint density at radius 3 is 2.55 bits per heavy atom. The van der Waals surface area contributed by atoms with Crippen LogP contribution < -0.4 is 10.3 Å². The molecule has 3 rings (SSSR count). The first-order valence-corrected chi connectivity index (χ1v) is 9.93. The molecule has 2 N–H and O–H groups in total. The lowest BCUT2D eigenvalue weighted by molar-refractivity contribution is -0.121. The lowest BCUT2D eigenvalue weighted by atomic mass is 10.1. The monoisotopic (exact) mass is 398 g/mol. The predicted molar refractivity (Wildman–Crippen MR) is 113 cm³/mol. The van der Waals surface area contributed by atoms with Gasteiger partial charge in [0.05, 0.1) is 5.71 Å². The summed E-state index contributed by atoms with van der Waals surface area (Å²) in [5, 5.41) is 14.0. The van der Waals surface area contributed by atoms with Crippen molar-refractivity contribution >= 4 is 17.3 Å². The van der Waals surface area contributed by atoms with Gasteiger partial charge in [-0.15, -0.1) is 0 Å². The zero-order valence-corrected chi connectivity index (χ0v) is 16.6. The quantitative estimate of drug-likeness (QED) is 0.556. The normalized spacial score (nSPS) is 15.4. The van der Waals surface area contributed by atoms with Crippen molar-refractivity contribution in [2.45, 2.75) is 19.8 Å². The molecular weight excluding hydrogens is 371 g/mol. The Bertz CT molecular complexity index is 849. The molecule has 0 aromatic heterocycles. The van der Waals surface area contributed by atoms with Gasteiger partial charge in [-0.1, -0.05) is 25.1 Å². The van der Waals surface area contributed by atoms with Crippen molar-refractivity contribution in [2.24, 2.45) is 5.10 Å². The molecule has 6 nitrogen and oxygen atoms in total. The number of hydrogen-bond donors (Lipinski definition) is 2. The molecule has 0 spiro atoms. The number of phenols is 1. The standard InChI is InChI=1S/C22H27FN4O2/c1-2-20(19-16-17(23)8-9-21(19)28)24-25-22(29)10-11-26-12-14-27(15-13-26)18-6-4-3-5-7-18/h3-9,16,28H,2,10-15H2,1H3,(H,25,29). The summed E-state index contributed by atoms with van der Waals surface area (Å²) in [7, 11) is 0. The Morgan fingerprint density at radius 1 is 1.14 bits per heavy atom. The van der Waals surface area contributed by atoms with E-state index in [2.05, 4.69) is 32.5 Å². The lowest BCUT2D eigenvalue weighted by Crippen LogP contribution is -2.47. The van der Waals surface area contributed by atoms with Gasteiger partial charge in [0.2, 0.25) is 5.91 Å². The molecule has 0 bridgehead atoms. The first-order valence-electron chi connectivity index (χ1n) is 9.93. The minimum absolute atomic E-state index is 0.0578. The largest absolute Gasteiger partial charge is 0.507 e. The molecule has 0 saturated carbocycles. The molecule has 1 fully saturated rings. The van der Waals surface area contributed by atoms with E-state index in [1.807, 2.05) is 25.1 Å². The minimum atomic E-state index is -0.458. The Morgan fingerprint density at radius 2 is 1.86 bits per heavy atom. The van der Waals surface area contributed by atoms with Crippen LogP contribution in [-0.2, 0) is 4.79 Å². The summed E-state index contributed by atoms with van der Waals surface area (Å²) in [5.74, 6) is -0.713. The molecule has 0 radical (unpaired) electrons. The average Bonchev–Trinajstić information content (AvgIpc) is 2.76. The van der Waals surface area contributed by atoms with Gasteiger partial charge in [-0.05, 0) is 36.8 Å². The van der Waals surface area contributed by atoms with E-state index in [1.54, 1.807) is 0 Å². The summed E-state index contributed by atoms with van der Waals surface area (Å²) in [6.07, 6.45) is 0.791. The first-order chi connectivity index (χ1) is 14.1. The minimum Gasteiger partial charge on any atom is -0.507 e. The number of hydrazone groups is 1. The molecule has 1 aliphatic heterocycles. The number of para-hydroxylation sites is 1. The average molecular weight is 398 g/mol. The molecular formula is C22H27FN4O2. The van der Waals surface area contributed by atoms with Crippen LogP contribution in [0.1, 0.15) is 25.3 Å². The van der Waals surface area contributed by atoms with E-state index in [4.69, 9.17) is 0 Å². The highest BCUT2D eigenvalue weighted by Crippen LogP contribution is 2.20. The number of aromatic hydroxyl groups is 1. The summed E-state index contributed by atoms with van der Waals surface area (Å²) >= 11 is 0. The van der Waals surface area contributed by atoms with Crippen LogP contribution in [0.4, 0.5) is 10.1 Å². The van der Waals surface area contributed by atoms with Gasteiger partial charge in [0.25, 0.3) is 0 Å². The number of nitrogens with zero attached hydrogens (tertiary/aromatic N) is 3. The Labute approximate surface area is 170 Å². The number of nitrogens with one attached hydrogen (secondary N) is 1. The molecule has 2 aromatic rings. The van der Waals surface area contributed by atoms with Crippen LogP contribution in [0.5, 0.6) is 5.75 Å². The van der Waals surface area contributed by atoms with Crippen molar-refractivity contribution in [1.29, 1.82) is 0 Å². The highest BCUT2D eigenvalue weighted by molar-refractivity contribution is 6.03. The van der Waals surface area contributed by atoms with Gasteiger partial charge in [0.1, 0.15) is 11.6 Å². The van der Waals surface area contributed by atoms with E-state index < -0.39 is 5.82 Å². The fourth-order valence-electron chi connectivity index (χ4n) is 3.38. The van der Waals surface area contributed by atoms with E-state index in [9.17, 15) is 14.3 Å². The molecule has 1 aliphatic rings. The molecule has 29 heavy (non-hydrogen) atoms. The summed E-state index contributed by atoms with van der Waals surface area (Å²) < 4.78 is 13.4. The van der Waals surface area contributed by atoms with E-state index in [1.165, 1.54) is 23.9 Å². The maximum Gasteiger partial charge on any atom is 0.241 e. The number of carbonyl (C=O) groups is 1. The third-order valence-corrected chi connectivity index (χ3v) is 5.07. The van der Waals surface area contributed by atoms with Gasteiger partial charge in [-0.3, -0.25) is 9.69 Å². The zero-order valence-electron chi connectivity index (χ0n) is 16.6. The lowest BCUT2D eigenvalue weighted by Gasteiger charge is -2.36. The van der Waals surface area contributed by atoms with Crippen LogP contribution in [0.2, 0.25) is 0 Å². The van der Waals surface area contributed by atoms with Crippen molar-refractivity contribution in [3.8, 4) is 5.75 Å². The summed E-state index contributed by atoms with van der Waals surface area (Å²) in [6, 6.07) is 14.0. The second-order valence-corrected chi connectivity index (χ2v) is 7.02. The molecule has 1 amide bonds. The van der Waals surface area contributed by atoms with Gasteiger partial charge in [0, 0.05) is 50.4 Å². The zero-order chi connectivity index (χ0) is 20.6. The van der Waals surface area contributed by atoms with Crippen LogP contribution in [0, 0.1) is 5.82 Å². The molecule has 154 valence electrons. The number of piperazine rings is 1. The van der Waals surface area contributed by atoms with E-state index in [-0.39, 0.29) is 11.7 Å². The Kier molecular flexibility index (Phi) is 7.19. The number of rotatable bonds is 7. The molecule has 7 heteroatoms. The van der Waals surface area contributed by atoms with Gasteiger partial charge in [0.15, 0.2) is 0 Å². The maximum absolute atomic E-state index is 13.4. The van der Waals surface area contributed by atoms with Gasteiger partial charge < -0.3 is 10.0 Å². The fraction of sp³-hybridized carbons (Fsp3) is 0.364. The van der Waals surface area contributed by atoms with Crippen LogP contribution in [0.15, 0.2) is 53.6 Å². The second-order valence-electron chi connectivity index (χ2n) is 7.02. The molecule has 2 aromatic carbocycles. The molecule has 1 saturated heterocycles. The predicted octanol–water partition coefficient (Wildman–Crippen LogP) is 2.97. The van der Waals surface area contributed by atoms with Crippen molar-refractivity contribution in [2.75, 3.05) is 37.6 Å². The topological polar surface area (TPSA) is 68.2 Å². The van der Waals surface area contributed by atoms with E-state index >= 15 is 0 Å². The maximum atomic E-state index is 13.4. The van der Waals surface area contributed by atoms with E-state index in [0.29, 0.717) is 30.7 Å². The third kappa shape index (κ3) is 5.77. The molecule has 1 heterocycles. The highest BCUT2D eigenvalue weighted by atomic mass is 19.1. The van der Waals surface area contributed by atoms with Gasteiger partial charge in [-0.25, -0.2) is 9.82 Å². The molecule has 0 atom stereocenters. The van der Waals surface area contributed by atoms with E-state index in [0.717, 1.165) is 26.2 Å². The van der Waals surface area contributed by atoms with Crippen molar-refractivity contribution < 1.29 is 14.3 Å². The van der Waals surface area contributed by atoms with Gasteiger partial charge >= 0.3 is 0 Å². The SMILES string of the molecule is CCC(=NNC(=O)CCN1CCN(c2ccccc2)CC1)c1cc(F)ccc1O. The van der Waals surface area contributed by atoms with Crippen LogP contribution >= 0.6 is 0 Å². The summed E-state index contributed by atoms with van der Waals surface area (Å²) in [4.78, 5) is 16.8. The second kappa shape index (κ2) is 10.0. The molecule has 0 aliphatic carbocycles. The Hall–Kier alpha value is -2.93. The van der Waals surface area contributed by atoms with Gasteiger partial charge in [-0.2, -0.15) is 5.10 Å². The third-order valence-electron chi connectivity index (χ3n) is 5.07.